The number of hydrogen-bond acceptors (Lipinski definition) is 2. The van der Waals surface area contributed by atoms with E-state index in [0.29, 0.717) is 5.56 Å². The van der Waals surface area contributed by atoms with E-state index < -0.39 is 11.6 Å². The van der Waals surface area contributed by atoms with Crippen LogP contribution in [0.5, 0.6) is 0 Å². The second-order valence-corrected chi connectivity index (χ2v) is 6.09. The molecule has 1 aromatic carbocycles. The van der Waals surface area contributed by atoms with E-state index in [0.717, 1.165) is 32.1 Å². The Bertz CT molecular complexity index is 450. The van der Waals surface area contributed by atoms with E-state index in [1.807, 2.05) is 6.92 Å². The highest BCUT2D eigenvalue weighted by molar-refractivity contribution is 5.23. The van der Waals surface area contributed by atoms with Crippen molar-refractivity contribution in [2.24, 2.45) is 5.92 Å². The van der Waals surface area contributed by atoms with Gasteiger partial charge in [0, 0.05) is 18.2 Å². The molecule has 1 fully saturated rings. The number of nitrogens with zero attached hydrogens (tertiary/aromatic N) is 1. The van der Waals surface area contributed by atoms with Crippen LogP contribution in [0.15, 0.2) is 18.2 Å². The van der Waals surface area contributed by atoms with E-state index in [2.05, 4.69) is 17.1 Å². The fourth-order valence-corrected chi connectivity index (χ4v) is 3.07. The predicted molar refractivity (Wildman–Crippen MR) is 82.2 cm³/mol. The Balaban J connectivity index is 2.09. The molecule has 0 bridgehead atoms. The molecule has 2 rings (SSSR count). The van der Waals surface area contributed by atoms with Gasteiger partial charge >= 0.3 is 0 Å². The summed E-state index contributed by atoms with van der Waals surface area (Å²) in [6, 6.07) is 4.30. The van der Waals surface area contributed by atoms with Gasteiger partial charge in [0.2, 0.25) is 0 Å². The van der Waals surface area contributed by atoms with Gasteiger partial charge < -0.3 is 10.2 Å². The number of likely N-dealkylation sites (tertiary alicyclic amines) is 1. The minimum Gasteiger partial charge on any atom is -0.309 e. The molecule has 118 valence electrons. The maximum Gasteiger partial charge on any atom is 0.163 e. The average molecular weight is 296 g/mol. The molecule has 2 atom stereocenters. The molecule has 0 amide bonds. The molecule has 0 aromatic heterocycles. The van der Waals surface area contributed by atoms with Crippen LogP contribution in [0.25, 0.3) is 0 Å². The fourth-order valence-electron chi connectivity index (χ4n) is 3.07. The normalized spacial score (nSPS) is 22.0. The molecule has 2 unspecified atom stereocenters. The Morgan fingerprint density at radius 1 is 1.29 bits per heavy atom. The summed E-state index contributed by atoms with van der Waals surface area (Å²) in [5.41, 5.74) is 0.439. The Morgan fingerprint density at radius 2 is 2.10 bits per heavy atom. The van der Waals surface area contributed by atoms with E-state index in [1.165, 1.54) is 25.3 Å². The molecule has 4 heteroatoms. The van der Waals surface area contributed by atoms with Crippen molar-refractivity contribution in [3.63, 3.8) is 0 Å². The van der Waals surface area contributed by atoms with Crippen LogP contribution in [-0.2, 0) is 0 Å². The lowest BCUT2D eigenvalue weighted by molar-refractivity contribution is 0.247. The zero-order valence-corrected chi connectivity index (χ0v) is 13.0. The first-order valence-electron chi connectivity index (χ1n) is 8.01. The molecule has 1 N–H and O–H groups in total. The van der Waals surface area contributed by atoms with Crippen molar-refractivity contribution in [2.75, 3.05) is 26.2 Å². The summed E-state index contributed by atoms with van der Waals surface area (Å²) in [5.74, 6) is -0.718. The third-order valence-electron chi connectivity index (χ3n) is 4.36. The van der Waals surface area contributed by atoms with Crippen LogP contribution in [0, 0.1) is 17.6 Å². The summed E-state index contributed by atoms with van der Waals surface area (Å²) >= 11 is 0. The van der Waals surface area contributed by atoms with Crippen LogP contribution in [-0.4, -0.2) is 31.1 Å². The Hall–Kier alpha value is -1.00. The van der Waals surface area contributed by atoms with Crippen LogP contribution in [0.3, 0.4) is 0 Å². The maximum absolute atomic E-state index is 14.0. The van der Waals surface area contributed by atoms with Crippen molar-refractivity contribution in [1.82, 2.24) is 10.2 Å². The third-order valence-corrected chi connectivity index (χ3v) is 4.36. The van der Waals surface area contributed by atoms with Gasteiger partial charge in [-0.2, -0.15) is 0 Å². The van der Waals surface area contributed by atoms with Crippen LogP contribution in [0.4, 0.5) is 8.78 Å². The molecule has 1 aliphatic heterocycles. The first-order chi connectivity index (χ1) is 10.1. The smallest absolute Gasteiger partial charge is 0.163 e. The summed E-state index contributed by atoms with van der Waals surface area (Å²) in [6.07, 6.45) is 3.63. The van der Waals surface area contributed by atoms with Crippen LogP contribution >= 0.6 is 0 Å². The first-order valence-corrected chi connectivity index (χ1v) is 8.01. The first kappa shape index (κ1) is 16.4. The number of halogens is 2. The third kappa shape index (κ3) is 4.48. The SMILES string of the molecule is CCNC(CN1CCCC(C)CC1)c1cccc(F)c1F. The minimum absolute atomic E-state index is 0.154. The van der Waals surface area contributed by atoms with Crippen molar-refractivity contribution in [2.45, 2.75) is 39.2 Å². The van der Waals surface area contributed by atoms with E-state index in [4.69, 9.17) is 0 Å². The van der Waals surface area contributed by atoms with Crippen molar-refractivity contribution < 1.29 is 8.78 Å². The molecule has 0 radical (unpaired) electrons. The summed E-state index contributed by atoms with van der Waals surface area (Å²) in [6.45, 7) is 7.85. The minimum atomic E-state index is -0.764. The predicted octanol–water partition coefficient (Wildman–Crippen LogP) is 3.74. The summed E-state index contributed by atoms with van der Waals surface area (Å²) in [7, 11) is 0. The fraction of sp³-hybridized carbons (Fsp3) is 0.647. The molecule has 1 saturated heterocycles. The summed E-state index contributed by atoms with van der Waals surface area (Å²) in [4.78, 5) is 2.38. The van der Waals surface area contributed by atoms with Gasteiger partial charge in [-0.3, -0.25) is 0 Å². The monoisotopic (exact) mass is 296 g/mol. The van der Waals surface area contributed by atoms with Gasteiger partial charge in [0.15, 0.2) is 11.6 Å². The second-order valence-electron chi connectivity index (χ2n) is 6.09. The molecule has 0 aliphatic carbocycles. The van der Waals surface area contributed by atoms with Crippen LogP contribution in [0.1, 0.15) is 44.7 Å². The van der Waals surface area contributed by atoms with Gasteiger partial charge in [0.25, 0.3) is 0 Å². The van der Waals surface area contributed by atoms with E-state index >= 15 is 0 Å². The van der Waals surface area contributed by atoms with Crippen molar-refractivity contribution in [3.05, 3.63) is 35.4 Å². The largest absolute Gasteiger partial charge is 0.309 e. The lowest BCUT2D eigenvalue weighted by atomic mass is 10.0. The molecule has 1 heterocycles. The van der Waals surface area contributed by atoms with Crippen molar-refractivity contribution >= 4 is 0 Å². The van der Waals surface area contributed by atoms with Gasteiger partial charge in [-0.05, 0) is 50.9 Å². The lowest BCUT2D eigenvalue weighted by Crippen LogP contribution is -2.36. The number of likely N-dealkylation sites (N-methyl/N-ethyl adjacent to an activating group) is 1. The lowest BCUT2D eigenvalue weighted by Gasteiger charge is -2.27. The zero-order valence-electron chi connectivity index (χ0n) is 13.0. The number of nitrogens with one attached hydrogen (secondary N) is 1. The molecule has 21 heavy (non-hydrogen) atoms. The maximum atomic E-state index is 14.0. The molecule has 2 nitrogen and oxygen atoms in total. The van der Waals surface area contributed by atoms with Crippen molar-refractivity contribution in [1.29, 1.82) is 0 Å². The molecule has 1 aromatic rings. The number of hydrogen-bond donors (Lipinski definition) is 1. The Morgan fingerprint density at radius 3 is 2.86 bits per heavy atom. The van der Waals surface area contributed by atoms with Crippen LogP contribution in [0.2, 0.25) is 0 Å². The van der Waals surface area contributed by atoms with E-state index in [9.17, 15) is 8.78 Å². The summed E-state index contributed by atoms with van der Waals surface area (Å²) < 4.78 is 27.5. The van der Waals surface area contributed by atoms with Gasteiger partial charge in [0.1, 0.15) is 0 Å². The van der Waals surface area contributed by atoms with Crippen molar-refractivity contribution in [3.8, 4) is 0 Å². The summed E-state index contributed by atoms with van der Waals surface area (Å²) in [5, 5.41) is 3.30. The Labute approximate surface area is 126 Å². The van der Waals surface area contributed by atoms with Gasteiger partial charge in [-0.25, -0.2) is 8.78 Å². The Kier molecular flexibility index (Phi) is 6.12. The second kappa shape index (κ2) is 7.85. The van der Waals surface area contributed by atoms with Gasteiger partial charge in [-0.1, -0.05) is 26.0 Å². The van der Waals surface area contributed by atoms with Crippen LogP contribution < -0.4 is 5.32 Å². The number of benzene rings is 1. The molecule has 1 aliphatic rings. The highest BCUT2D eigenvalue weighted by atomic mass is 19.2. The average Bonchev–Trinajstić information content (AvgIpc) is 2.66. The highest BCUT2D eigenvalue weighted by Crippen LogP contribution is 2.23. The molecule has 0 saturated carbocycles. The highest BCUT2D eigenvalue weighted by Gasteiger charge is 2.22. The standard InChI is InChI=1S/C17H26F2N2/c1-3-20-16(14-7-4-8-15(18)17(14)19)12-21-10-5-6-13(2)9-11-21/h4,7-8,13,16,20H,3,5-6,9-12H2,1-2H3. The molecular weight excluding hydrogens is 270 g/mol. The molecule has 0 spiro atoms. The van der Waals surface area contributed by atoms with E-state index in [1.54, 1.807) is 12.1 Å². The zero-order chi connectivity index (χ0) is 15.2. The topological polar surface area (TPSA) is 15.3 Å². The quantitative estimate of drug-likeness (QED) is 0.890. The molecular formula is C17H26F2N2. The van der Waals surface area contributed by atoms with Gasteiger partial charge in [-0.15, -0.1) is 0 Å². The van der Waals surface area contributed by atoms with E-state index in [-0.39, 0.29) is 6.04 Å². The number of rotatable bonds is 5. The van der Waals surface area contributed by atoms with Gasteiger partial charge in [0.05, 0.1) is 0 Å².